The lowest BCUT2D eigenvalue weighted by molar-refractivity contribution is 0.196. The molecule has 0 N–H and O–H groups in total. The van der Waals surface area contributed by atoms with E-state index in [2.05, 4.69) is 57.6 Å². The van der Waals surface area contributed by atoms with E-state index >= 15 is 0 Å². The summed E-state index contributed by atoms with van der Waals surface area (Å²) in [7, 11) is 0. The smallest absolute Gasteiger partial charge is 0.201 e. The highest BCUT2D eigenvalue weighted by Gasteiger charge is 2.24. The third-order valence-corrected chi connectivity index (χ3v) is 4.68. The zero-order chi connectivity index (χ0) is 17.3. The second-order valence-electron chi connectivity index (χ2n) is 6.65. The van der Waals surface area contributed by atoms with Crippen molar-refractivity contribution in [2.45, 2.75) is 25.5 Å². The molecule has 0 saturated carbocycles. The van der Waals surface area contributed by atoms with Crippen LogP contribution in [0.4, 0.5) is 0 Å². The quantitative estimate of drug-likeness (QED) is 0.570. The van der Waals surface area contributed by atoms with Crippen molar-refractivity contribution in [3.05, 3.63) is 83.6 Å². The van der Waals surface area contributed by atoms with E-state index in [-0.39, 0.29) is 6.10 Å². The third-order valence-electron chi connectivity index (χ3n) is 4.68. The molecule has 0 fully saturated rings. The summed E-state index contributed by atoms with van der Waals surface area (Å²) in [5.74, 6) is 0.974. The van der Waals surface area contributed by atoms with Gasteiger partial charge in [0.05, 0.1) is 6.54 Å². The number of pyridine rings is 1. The van der Waals surface area contributed by atoms with Crippen LogP contribution < -0.4 is 4.74 Å². The number of nitrogens with zero attached hydrogens (tertiary/aromatic N) is 4. The van der Waals surface area contributed by atoms with E-state index in [9.17, 15) is 0 Å². The van der Waals surface area contributed by atoms with Gasteiger partial charge in [0.25, 0.3) is 0 Å². The molecule has 2 aromatic carbocycles. The van der Waals surface area contributed by atoms with Crippen LogP contribution in [0.15, 0.2) is 66.9 Å². The summed E-state index contributed by atoms with van der Waals surface area (Å²) in [6, 6.07) is 20.8. The topological polar surface area (TPSA) is 52.8 Å². The summed E-state index contributed by atoms with van der Waals surface area (Å²) in [5.41, 5.74) is 5.38. The number of hydrogen-bond donors (Lipinski definition) is 0. The SMILES string of the molecule is c1ccc(Cc2ccc3c(c2)CC(Cn2nc4cccnc4n2)O3)cc1. The zero-order valence-corrected chi connectivity index (χ0v) is 14.2. The van der Waals surface area contributed by atoms with Gasteiger partial charge in [-0.15, -0.1) is 5.10 Å². The Morgan fingerprint density at radius 3 is 2.77 bits per heavy atom. The highest BCUT2D eigenvalue weighted by Crippen LogP contribution is 2.30. The number of hydrogen-bond acceptors (Lipinski definition) is 4. The molecule has 0 saturated heterocycles. The number of benzene rings is 2. The fourth-order valence-corrected chi connectivity index (χ4v) is 3.48. The first kappa shape index (κ1) is 15.1. The highest BCUT2D eigenvalue weighted by atomic mass is 16.5. The van der Waals surface area contributed by atoms with E-state index < -0.39 is 0 Å². The standard InChI is InChI=1S/C21H18N4O/c1-2-5-15(6-3-1)11-16-8-9-20-17(12-16)13-18(26-20)14-25-23-19-7-4-10-22-21(19)24-25/h1-10,12,18H,11,13-14H2. The molecule has 0 spiro atoms. The first-order valence-corrected chi connectivity index (χ1v) is 8.82. The van der Waals surface area contributed by atoms with Crippen LogP contribution in [0.2, 0.25) is 0 Å². The molecule has 5 rings (SSSR count). The minimum atomic E-state index is 0.0544. The fraction of sp³-hybridized carbons (Fsp3) is 0.190. The predicted octanol–water partition coefficient (Wildman–Crippen LogP) is 3.42. The number of fused-ring (bicyclic) bond motifs is 2. The van der Waals surface area contributed by atoms with Crippen molar-refractivity contribution in [1.82, 2.24) is 20.0 Å². The van der Waals surface area contributed by atoms with Crippen LogP contribution in [0, 0.1) is 0 Å². The largest absolute Gasteiger partial charge is 0.488 e. The van der Waals surface area contributed by atoms with Crippen LogP contribution in [-0.2, 0) is 19.4 Å². The summed E-state index contributed by atoms with van der Waals surface area (Å²) < 4.78 is 6.09. The average Bonchev–Trinajstić information content (AvgIpc) is 3.25. The Hall–Kier alpha value is -3.21. The first-order chi connectivity index (χ1) is 12.8. The Balaban J connectivity index is 1.31. The van der Waals surface area contributed by atoms with Crippen LogP contribution in [0.1, 0.15) is 16.7 Å². The molecule has 0 aliphatic carbocycles. The summed E-state index contributed by atoms with van der Waals surface area (Å²) in [4.78, 5) is 5.93. The van der Waals surface area contributed by atoms with Gasteiger partial charge in [-0.3, -0.25) is 0 Å². The van der Waals surface area contributed by atoms with Gasteiger partial charge in [-0.25, -0.2) is 4.98 Å². The van der Waals surface area contributed by atoms with Gasteiger partial charge < -0.3 is 4.74 Å². The maximum absolute atomic E-state index is 6.09. The van der Waals surface area contributed by atoms with Gasteiger partial charge in [0.15, 0.2) is 0 Å². The lowest BCUT2D eigenvalue weighted by Crippen LogP contribution is -2.22. The van der Waals surface area contributed by atoms with E-state index in [0.29, 0.717) is 12.2 Å². The second kappa shape index (κ2) is 6.26. The lowest BCUT2D eigenvalue weighted by atomic mass is 10.0. The van der Waals surface area contributed by atoms with Crippen molar-refractivity contribution in [1.29, 1.82) is 0 Å². The van der Waals surface area contributed by atoms with Gasteiger partial charge in [-0.1, -0.05) is 42.5 Å². The average molecular weight is 342 g/mol. The highest BCUT2D eigenvalue weighted by molar-refractivity contribution is 5.67. The molecule has 1 aliphatic rings. The van der Waals surface area contributed by atoms with Crippen molar-refractivity contribution in [3.63, 3.8) is 0 Å². The Morgan fingerprint density at radius 1 is 0.962 bits per heavy atom. The molecule has 0 amide bonds. The summed E-state index contributed by atoms with van der Waals surface area (Å²) in [6.07, 6.45) is 3.61. The monoisotopic (exact) mass is 342 g/mol. The van der Waals surface area contributed by atoms with Gasteiger partial charge in [0.1, 0.15) is 17.4 Å². The van der Waals surface area contributed by atoms with Gasteiger partial charge >= 0.3 is 0 Å². The van der Waals surface area contributed by atoms with Crippen molar-refractivity contribution in [3.8, 4) is 5.75 Å². The number of ether oxygens (including phenoxy) is 1. The minimum absolute atomic E-state index is 0.0544. The Bertz CT molecular complexity index is 1030. The molecule has 1 atom stereocenters. The van der Waals surface area contributed by atoms with Crippen LogP contribution >= 0.6 is 0 Å². The molecular formula is C21H18N4O. The molecular weight excluding hydrogens is 324 g/mol. The Kier molecular flexibility index (Phi) is 3.63. The number of aromatic nitrogens is 4. The molecule has 1 aliphatic heterocycles. The van der Waals surface area contributed by atoms with Crippen LogP contribution in [0.3, 0.4) is 0 Å². The summed E-state index contributed by atoms with van der Waals surface area (Å²) >= 11 is 0. The first-order valence-electron chi connectivity index (χ1n) is 8.82. The number of rotatable bonds is 4. The van der Waals surface area contributed by atoms with E-state index in [4.69, 9.17) is 4.74 Å². The van der Waals surface area contributed by atoms with Gasteiger partial charge in [0.2, 0.25) is 5.65 Å². The van der Waals surface area contributed by atoms with E-state index in [1.54, 1.807) is 11.0 Å². The predicted molar refractivity (Wildman–Crippen MR) is 99.1 cm³/mol. The molecule has 3 heterocycles. The van der Waals surface area contributed by atoms with Crippen molar-refractivity contribution in [2.24, 2.45) is 0 Å². The normalized spacial score (nSPS) is 15.8. The molecule has 2 aromatic heterocycles. The van der Waals surface area contributed by atoms with Crippen LogP contribution in [0.25, 0.3) is 11.2 Å². The molecule has 26 heavy (non-hydrogen) atoms. The second-order valence-corrected chi connectivity index (χ2v) is 6.65. The third kappa shape index (κ3) is 2.92. The minimum Gasteiger partial charge on any atom is -0.488 e. The maximum Gasteiger partial charge on any atom is 0.201 e. The molecule has 0 radical (unpaired) electrons. The Labute approximate surface area is 151 Å². The lowest BCUT2D eigenvalue weighted by Gasteiger charge is -2.09. The molecule has 4 aromatic rings. The zero-order valence-electron chi connectivity index (χ0n) is 14.2. The molecule has 5 heteroatoms. The van der Waals surface area contributed by atoms with E-state index in [1.165, 1.54) is 16.7 Å². The van der Waals surface area contributed by atoms with E-state index in [0.717, 1.165) is 24.1 Å². The molecule has 1 unspecified atom stereocenters. The Morgan fingerprint density at radius 2 is 1.88 bits per heavy atom. The fourth-order valence-electron chi connectivity index (χ4n) is 3.48. The van der Waals surface area contributed by atoms with Gasteiger partial charge in [-0.2, -0.15) is 9.90 Å². The van der Waals surface area contributed by atoms with Crippen LogP contribution in [-0.4, -0.2) is 26.1 Å². The van der Waals surface area contributed by atoms with Crippen molar-refractivity contribution < 1.29 is 4.74 Å². The molecule has 5 nitrogen and oxygen atoms in total. The van der Waals surface area contributed by atoms with Crippen LogP contribution in [0.5, 0.6) is 5.75 Å². The summed E-state index contributed by atoms with van der Waals surface area (Å²) in [6.45, 7) is 0.624. The molecule has 128 valence electrons. The van der Waals surface area contributed by atoms with E-state index in [1.807, 2.05) is 18.2 Å². The maximum atomic E-state index is 6.09. The van der Waals surface area contributed by atoms with Gasteiger partial charge in [0, 0.05) is 12.6 Å². The van der Waals surface area contributed by atoms with Gasteiger partial charge in [-0.05, 0) is 41.3 Å². The van der Waals surface area contributed by atoms with Crippen molar-refractivity contribution in [2.75, 3.05) is 0 Å². The van der Waals surface area contributed by atoms with Crippen molar-refractivity contribution >= 4 is 11.2 Å². The summed E-state index contributed by atoms with van der Waals surface area (Å²) in [5, 5.41) is 8.90. The molecule has 0 bridgehead atoms.